The molecule has 0 unspecified atom stereocenters. The highest BCUT2D eigenvalue weighted by Crippen LogP contribution is 2.25. The molecule has 0 spiro atoms. The van der Waals surface area contributed by atoms with Gasteiger partial charge in [-0.05, 0) is 48.0 Å². The van der Waals surface area contributed by atoms with Crippen LogP contribution in [0.1, 0.15) is 15.9 Å². The minimum atomic E-state index is -0.102. The van der Waals surface area contributed by atoms with E-state index in [9.17, 15) is 4.79 Å². The predicted molar refractivity (Wildman–Crippen MR) is 84.9 cm³/mol. The van der Waals surface area contributed by atoms with Gasteiger partial charge in [0.1, 0.15) is 18.1 Å². The molecule has 2 aromatic rings. The monoisotopic (exact) mass is 317 g/mol. The van der Waals surface area contributed by atoms with Gasteiger partial charge < -0.3 is 14.8 Å². The molecule has 0 atom stereocenters. The molecule has 0 radical (unpaired) electrons. The molecule has 0 aliphatic carbocycles. The van der Waals surface area contributed by atoms with Crippen molar-refractivity contribution in [1.82, 2.24) is 5.32 Å². The average molecular weight is 318 g/mol. The first-order chi connectivity index (χ1) is 10.7. The zero-order chi connectivity index (χ0) is 15.4. The summed E-state index contributed by atoms with van der Waals surface area (Å²) in [4.78, 5) is 12.1. The third-order valence-electron chi connectivity index (χ3n) is 3.42. The largest absolute Gasteiger partial charge is 0.493 e. The minimum Gasteiger partial charge on any atom is -0.493 e. The van der Waals surface area contributed by atoms with Crippen LogP contribution >= 0.6 is 11.6 Å². The van der Waals surface area contributed by atoms with E-state index in [1.165, 1.54) is 0 Å². The molecule has 1 aliphatic heterocycles. The zero-order valence-corrected chi connectivity index (χ0v) is 12.7. The molecule has 1 N–H and O–H groups in total. The van der Waals surface area contributed by atoms with Crippen molar-refractivity contribution in [1.29, 1.82) is 0 Å². The van der Waals surface area contributed by atoms with Gasteiger partial charge in [-0.3, -0.25) is 4.79 Å². The van der Waals surface area contributed by atoms with Gasteiger partial charge in [0.25, 0.3) is 5.91 Å². The van der Waals surface area contributed by atoms with Crippen molar-refractivity contribution >= 4 is 17.5 Å². The number of hydrogen-bond acceptors (Lipinski definition) is 3. The van der Waals surface area contributed by atoms with Gasteiger partial charge in [-0.1, -0.05) is 11.6 Å². The first-order valence-electron chi connectivity index (χ1n) is 7.15. The Kier molecular flexibility index (Phi) is 4.49. The van der Waals surface area contributed by atoms with Crippen molar-refractivity contribution in [2.45, 2.75) is 6.42 Å². The van der Waals surface area contributed by atoms with E-state index in [1.807, 2.05) is 12.1 Å². The lowest BCUT2D eigenvalue weighted by Gasteiger charge is -2.08. The highest BCUT2D eigenvalue weighted by molar-refractivity contribution is 6.30. The Hall–Kier alpha value is -2.20. The molecule has 2 aromatic carbocycles. The quantitative estimate of drug-likeness (QED) is 0.862. The number of carbonyl (C=O) groups is 1. The summed E-state index contributed by atoms with van der Waals surface area (Å²) in [5, 5.41) is 3.51. The molecule has 1 aliphatic rings. The van der Waals surface area contributed by atoms with Crippen LogP contribution in [0.5, 0.6) is 11.5 Å². The zero-order valence-electron chi connectivity index (χ0n) is 12.0. The van der Waals surface area contributed by atoms with Gasteiger partial charge in [-0.2, -0.15) is 0 Å². The lowest BCUT2D eigenvalue weighted by molar-refractivity contribution is 0.0947. The molecule has 0 saturated heterocycles. The normalized spacial score (nSPS) is 12.4. The molecule has 114 valence electrons. The van der Waals surface area contributed by atoms with E-state index in [0.29, 0.717) is 30.3 Å². The second-order valence-electron chi connectivity index (χ2n) is 4.98. The molecule has 0 bridgehead atoms. The van der Waals surface area contributed by atoms with Crippen molar-refractivity contribution in [2.24, 2.45) is 0 Å². The number of amides is 1. The van der Waals surface area contributed by atoms with E-state index in [-0.39, 0.29) is 5.91 Å². The van der Waals surface area contributed by atoms with E-state index in [0.717, 1.165) is 23.5 Å². The maximum Gasteiger partial charge on any atom is 0.251 e. The van der Waals surface area contributed by atoms with Gasteiger partial charge in [0.15, 0.2) is 0 Å². The van der Waals surface area contributed by atoms with Crippen molar-refractivity contribution in [2.75, 3.05) is 19.8 Å². The summed E-state index contributed by atoms with van der Waals surface area (Å²) in [7, 11) is 0. The van der Waals surface area contributed by atoms with Crippen LogP contribution in [0.15, 0.2) is 42.5 Å². The third kappa shape index (κ3) is 3.52. The number of fused-ring (bicyclic) bond motifs is 1. The maximum absolute atomic E-state index is 12.1. The highest BCUT2D eigenvalue weighted by atomic mass is 35.5. The van der Waals surface area contributed by atoms with E-state index < -0.39 is 0 Å². The molecule has 4 nitrogen and oxygen atoms in total. The van der Waals surface area contributed by atoms with Crippen LogP contribution < -0.4 is 14.8 Å². The molecule has 3 rings (SSSR count). The van der Waals surface area contributed by atoms with Crippen LogP contribution in [-0.2, 0) is 6.42 Å². The lowest BCUT2D eigenvalue weighted by atomic mass is 10.1. The Morgan fingerprint density at radius 2 is 2.05 bits per heavy atom. The summed E-state index contributed by atoms with van der Waals surface area (Å²) in [5.41, 5.74) is 1.74. The average Bonchev–Trinajstić information content (AvgIpc) is 3.00. The Morgan fingerprint density at radius 3 is 2.86 bits per heavy atom. The van der Waals surface area contributed by atoms with Crippen LogP contribution in [0.2, 0.25) is 5.02 Å². The first kappa shape index (κ1) is 14.7. The highest BCUT2D eigenvalue weighted by Gasteiger charge is 2.14. The fourth-order valence-corrected chi connectivity index (χ4v) is 2.42. The summed E-state index contributed by atoms with van der Waals surface area (Å²) < 4.78 is 11.0. The summed E-state index contributed by atoms with van der Waals surface area (Å²) in [6.07, 6.45) is 0.857. The molecular weight excluding hydrogens is 302 g/mol. The molecule has 0 fully saturated rings. The van der Waals surface area contributed by atoms with Gasteiger partial charge in [0.2, 0.25) is 0 Å². The van der Waals surface area contributed by atoms with Crippen LogP contribution in [0, 0.1) is 0 Å². The third-order valence-corrected chi connectivity index (χ3v) is 3.67. The number of halogens is 1. The molecule has 1 heterocycles. The summed E-state index contributed by atoms with van der Waals surface area (Å²) in [5.74, 6) is 1.50. The van der Waals surface area contributed by atoms with Crippen molar-refractivity contribution < 1.29 is 14.3 Å². The Labute approximate surface area is 134 Å². The fraction of sp³-hybridized carbons (Fsp3) is 0.235. The number of nitrogens with one attached hydrogen (secondary N) is 1. The molecule has 0 aromatic heterocycles. The lowest BCUT2D eigenvalue weighted by Crippen LogP contribution is -2.28. The van der Waals surface area contributed by atoms with Crippen LogP contribution in [0.4, 0.5) is 0 Å². The molecule has 22 heavy (non-hydrogen) atoms. The number of rotatable bonds is 5. The second kappa shape index (κ2) is 6.71. The minimum absolute atomic E-state index is 0.102. The van der Waals surface area contributed by atoms with Gasteiger partial charge in [-0.25, -0.2) is 0 Å². The topological polar surface area (TPSA) is 47.6 Å². The summed E-state index contributed by atoms with van der Waals surface area (Å²) >= 11 is 5.80. The SMILES string of the molecule is O=C(NCCOc1ccc(Cl)cc1)c1ccc2c(c1)CCO2. The van der Waals surface area contributed by atoms with E-state index >= 15 is 0 Å². The molecule has 0 saturated carbocycles. The van der Waals surface area contributed by atoms with E-state index in [1.54, 1.807) is 30.3 Å². The number of benzene rings is 2. The number of hydrogen-bond donors (Lipinski definition) is 1. The number of carbonyl (C=O) groups excluding carboxylic acids is 1. The first-order valence-corrected chi connectivity index (χ1v) is 7.52. The van der Waals surface area contributed by atoms with Crippen LogP contribution in [0.3, 0.4) is 0 Å². The van der Waals surface area contributed by atoms with Crippen molar-refractivity contribution in [3.63, 3.8) is 0 Å². The van der Waals surface area contributed by atoms with Crippen LogP contribution in [0.25, 0.3) is 0 Å². The summed E-state index contributed by atoms with van der Waals surface area (Å²) in [6, 6.07) is 12.6. The standard InChI is InChI=1S/C17H16ClNO3/c18-14-2-4-15(5-3-14)21-10-8-19-17(20)13-1-6-16-12(11-13)7-9-22-16/h1-6,11H,7-10H2,(H,19,20). The fourth-order valence-electron chi connectivity index (χ4n) is 2.29. The smallest absolute Gasteiger partial charge is 0.251 e. The van der Waals surface area contributed by atoms with E-state index in [2.05, 4.69) is 5.32 Å². The number of ether oxygens (including phenoxy) is 2. The van der Waals surface area contributed by atoms with Crippen molar-refractivity contribution in [3.8, 4) is 11.5 Å². The Morgan fingerprint density at radius 1 is 1.23 bits per heavy atom. The van der Waals surface area contributed by atoms with Crippen LogP contribution in [-0.4, -0.2) is 25.7 Å². The Bertz CT molecular complexity index is 670. The molecule has 1 amide bonds. The maximum atomic E-state index is 12.1. The van der Waals surface area contributed by atoms with Crippen molar-refractivity contribution in [3.05, 3.63) is 58.6 Å². The molecular formula is C17H16ClNO3. The molecule has 5 heteroatoms. The summed E-state index contributed by atoms with van der Waals surface area (Å²) in [6.45, 7) is 1.53. The van der Waals surface area contributed by atoms with Gasteiger partial charge in [0.05, 0.1) is 13.2 Å². The Balaban J connectivity index is 1.47. The van der Waals surface area contributed by atoms with Gasteiger partial charge in [0, 0.05) is 17.0 Å². The van der Waals surface area contributed by atoms with Gasteiger partial charge >= 0.3 is 0 Å². The van der Waals surface area contributed by atoms with Gasteiger partial charge in [-0.15, -0.1) is 0 Å². The second-order valence-corrected chi connectivity index (χ2v) is 5.42. The predicted octanol–water partition coefficient (Wildman–Crippen LogP) is 3.08. The van der Waals surface area contributed by atoms with E-state index in [4.69, 9.17) is 21.1 Å².